The number of rotatable bonds is 7. The molecule has 1 saturated heterocycles. The monoisotopic (exact) mass is 423 g/mol. The van der Waals surface area contributed by atoms with Gasteiger partial charge in [0.25, 0.3) is 0 Å². The molecule has 166 valence electrons. The van der Waals surface area contributed by atoms with Gasteiger partial charge in [-0.1, -0.05) is 12.1 Å². The molecule has 1 aliphatic heterocycles. The van der Waals surface area contributed by atoms with Crippen molar-refractivity contribution in [2.45, 2.75) is 75.7 Å². The van der Waals surface area contributed by atoms with E-state index in [1.165, 1.54) is 38.5 Å². The second-order valence-electron chi connectivity index (χ2n) is 10.4. The van der Waals surface area contributed by atoms with Gasteiger partial charge in [-0.2, -0.15) is 0 Å². The Labute approximate surface area is 183 Å². The molecule has 0 aromatic heterocycles. The van der Waals surface area contributed by atoms with Gasteiger partial charge < -0.3 is 10.6 Å². The van der Waals surface area contributed by atoms with Gasteiger partial charge in [0, 0.05) is 24.1 Å². The van der Waals surface area contributed by atoms with Crippen LogP contribution in [0.25, 0.3) is 0 Å². The van der Waals surface area contributed by atoms with Gasteiger partial charge in [0.1, 0.15) is 0 Å². The summed E-state index contributed by atoms with van der Waals surface area (Å²) in [6.45, 7) is 0.899. The third-order valence-electron chi connectivity index (χ3n) is 7.93. The minimum absolute atomic E-state index is 0.00716. The minimum atomic E-state index is -0.334. The van der Waals surface area contributed by atoms with Gasteiger partial charge in [-0.3, -0.25) is 19.7 Å². The molecule has 6 heteroatoms. The van der Waals surface area contributed by atoms with Gasteiger partial charge >= 0.3 is 0 Å². The first-order valence-electron chi connectivity index (χ1n) is 12.0. The van der Waals surface area contributed by atoms with E-state index >= 15 is 0 Å². The molecular weight excluding hydrogens is 390 g/mol. The third kappa shape index (κ3) is 4.54. The highest BCUT2D eigenvalue weighted by molar-refractivity contribution is 6.01. The summed E-state index contributed by atoms with van der Waals surface area (Å²) in [5.41, 5.74) is 1.90. The Kier molecular flexibility index (Phi) is 5.59. The van der Waals surface area contributed by atoms with E-state index in [9.17, 15) is 14.4 Å². The van der Waals surface area contributed by atoms with Crippen molar-refractivity contribution in [1.82, 2.24) is 10.6 Å². The van der Waals surface area contributed by atoms with Crippen molar-refractivity contribution in [3.05, 3.63) is 29.8 Å². The average Bonchev–Trinajstić information content (AvgIpc) is 2.70. The van der Waals surface area contributed by atoms with E-state index in [2.05, 4.69) is 16.0 Å². The Morgan fingerprint density at radius 3 is 2.45 bits per heavy atom. The summed E-state index contributed by atoms with van der Waals surface area (Å²) in [4.78, 5) is 36.0. The summed E-state index contributed by atoms with van der Waals surface area (Å²) in [5, 5.41) is 9.23. The molecule has 1 atom stereocenters. The zero-order valence-electron chi connectivity index (χ0n) is 18.1. The highest BCUT2D eigenvalue weighted by Crippen LogP contribution is 2.55. The molecule has 6 nitrogen and oxygen atoms in total. The number of benzene rings is 1. The van der Waals surface area contributed by atoms with Crippen molar-refractivity contribution >= 4 is 23.4 Å². The fourth-order valence-electron chi connectivity index (χ4n) is 7.00. The number of nitrogens with one attached hydrogen (secondary N) is 3. The first-order valence-corrected chi connectivity index (χ1v) is 12.0. The average molecular weight is 424 g/mol. The lowest BCUT2D eigenvalue weighted by molar-refractivity contribution is -0.134. The molecule has 1 heterocycles. The molecule has 3 amide bonds. The summed E-state index contributed by atoms with van der Waals surface area (Å²) in [5.74, 6) is 1.99. The van der Waals surface area contributed by atoms with Gasteiger partial charge in [0.05, 0.1) is 5.92 Å². The Morgan fingerprint density at radius 2 is 1.77 bits per heavy atom. The van der Waals surface area contributed by atoms with Crippen LogP contribution < -0.4 is 16.0 Å². The van der Waals surface area contributed by atoms with E-state index in [1.54, 1.807) is 0 Å². The number of carbonyl (C=O) groups is 3. The first kappa shape index (κ1) is 20.7. The molecule has 0 radical (unpaired) electrons. The molecule has 4 bridgehead atoms. The summed E-state index contributed by atoms with van der Waals surface area (Å²) in [6.07, 6.45) is 10.5. The van der Waals surface area contributed by atoms with E-state index < -0.39 is 0 Å². The van der Waals surface area contributed by atoms with E-state index in [-0.39, 0.29) is 23.6 Å². The zero-order valence-corrected chi connectivity index (χ0v) is 18.1. The smallest absolute Gasteiger partial charge is 0.234 e. The fourth-order valence-corrected chi connectivity index (χ4v) is 7.00. The molecule has 1 unspecified atom stereocenters. The summed E-state index contributed by atoms with van der Waals surface area (Å²) in [7, 11) is 0. The van der Waals surface area contributed by atoms with Gasteiger partial charge in [0.2, 0.25) is 17.7 Å². The predicted octanol–water partition coefficient (Wildman–Crippen LogP) is 3.48. The van der Waals surface area contributed by atoms with Crippen molar-refractivity contribution in [2.24, 2.45) is 17.8 Å². The number of piperidine rings is 1. The first-order chi connectivity index (χ1) is 15.0. The van der Waals surface area contributed by atoms with Crippen LogP contribution in [-0.4, -0.2) is 29.8 Å². The van der Waals surface area contributed by atoms with Gasteiger partial charge in [-0.15, -0.1) is 0 Å². The molecule has 31 heavy (non-hydrogen) atoms. The lowest BCUT2D eigenvalue weighted by atomic mass is 9.53. The Morgan fingerprint density at radius 1 is 1.06 bits per heavy atom. The van der Waals surface area contributed by atoms with E-state index in [4.69, 9.17) is 0 Å². The maximum atomic E-state index is 12.5. The van der Waals surface area contributed by atoms with Crippen LogP contribution in [0.3, 0.4) is 0 Å². The molecule has 3 N–H and O–H groups in total. The van der Waals surface area contributed by atoms with Crippen LogP contribution >= 0.6 is 0 Å². The Balaban J connectivity index is 1.09. The number of hydrogen-bond acceptors (Lipinski definition) is 4. The van der Waals surface area contributed by atoms with Crippen LogP contribution in [0.15, 0.2) is 24.3 Å². The van der Waals surface area contributed by atoms with Gasteiger partial charge in [-0.25, -0.2) is 0 Å². The summed E-state index contributed by atoms with van der Waals surface area (Å²) >= 11 is 0. The number of anilines is 1. The standard InChI is InChI=1S/C25H33N3O3/c29-22(5-2-8-26-25-13-16-9-17(14-25)11-18(10-16)15-25)27-20-4-1-3-19(12-20)21-6-7-23(30)28-24(21)31/h1,3-4,12,16-18,21,26H,2,5-11,13-15H2,(H,27,29)(H,28,30,31). The zero-order chi connectivity index (χ0) is 21.4. The maximum absolute atomic E-state index is 12.5. The lowest BCUT2D eigenvalue weighted by Gasteiger charge is -2.57. The number of amides is 3. The lowest BCUT2D eigenvalue weighted by Crippen LogP contribution is -2.58. The highest BCUT2D eigenvalue weighted by Gasteiger charge is 2.50. The van der Waals surface area contributed by atoms with Crippen molar-refractivity contribution in [3.63, 3.8) is 0 Å². The third-order valence-corrected chi connectivity index (χ3v) is 7.93. The molecule has 6 rings (SSSR count). The Hall–Kier alpha value is -2.21. The van der Waals surface area contributed by atoms with Gasteiger partial charge in [-0.05, 0) is 93.4 Å². The quantitative estimate of drug-likeness (QED) is 0.463. The number of hydrogen-bond donors (Lipinski definition) is 3. The second kappa shape index (κ2) is 8.38. The molecule has 1 aromatic carbocycles. The molecule has 4 aliphatic carbocycles. The number of carbonyl (C=O) groups excluding carboxylic acids is 3. The molecule has 0 spiro atoms. The van der Waals surface area contributed by atoms with E-state index in [1.807, 2.05) is 24.3 Å². The predicted molar refractivity (Wildman–Crippen MR) is 118 cm³/mol. The maximum Gasteiger partial charge on any atom is 0.234 e. The van der Waals surface area contributed by atoms with E-state index in [0.717, 1.165) is 36.3 Å². The van der Waals surface area contributed by atoms with Crippen molar-refractivity contribution in [1.29, 1.82) is 0 Å². The van der Waals surface area contributed by atoms with Crippen LogP contribution in [0.5, 0.6) is 0 Å². The van der Waals surface area contributed by atoms with Crippen LogP contribution in [0.2, 0.25) is 0 Å². The van der Waals surface area contributed by atoms with E-state index in [0.29, 0.717) is 30.5 Å². The van der Waals surface area contributed by atoms with Crippen molar-refractivity contribution in [3.8, 4) is 0 Å². The molecule has 4 saturated carbocycles. The SMILES string of the molecule is O=C1CCC(c2cccc(NC(=O)CCCNC34CC5CC(CC(C5)C3)C4)c2)C(=O)N1. The summed E-state index contributed by atoms with van der Waals surface area (Å²) < 4.78 is 0. The minimum Gasteiger partial charge on any atom is -0.326 e. The van der Waals surface area contributed by atoms with Gasteiger partial charge in [0.15, 0.2) is 0 Å². The molecule has 5 fully saturated rings. The Bertz CT molecular complexity index is 845. The van der Waals surface area contributed by atoms with Crippen LogP contribution in [0.4, 0.5) is 5.69 Å². The molecule has 1 aromatic rings. The summed E-state index contributed by atoms with van der Waals surface area (Å²) in [6, 6.07) is 7.43. The molecular formula is C25H33N3O3. The topological polar surface area (TPSA) is 87.3 Å². The molecule has 5 aliphatic rings. The largest absolute Gasteiger partial charge is 0.326 e. The fraction of sp³-hybridized carbons (Fsp3) is 0.640. The second-order valence-corrected chi connectivity index (χ2v) is 10.4. The van der Waals surface area contributed by atoms with Crippen LogP contribution in [-0.2, 0) is 14.4 Å². The highest BCUT2D eigenvalue weighted by atomic mass is 16.2. The van der Waals surface area contributed by atoms with Crippen LogP contribution in [0.1, 0.15) is 75.7 Å². The number of imide groups is 1. The van der Waals surface area contributed by atoms with Crippen LogP contribution in [0, 0.1) is 17.8 Å². The van der Waals surface area contributed by atoms with Crippen molar-refractivity contribution in [2.75, 3.05) is 11.9 Å². The normalized spacial score (nSPS) is 33.9. The van der Waals surface area contributed by atoms with Crippen molar-refractivity contribution < 1.29 is 14.4 Å².